The summed E-state index contributed by atoms with van der Waals surface area (Å²) >= 11 is 3.56. The molecule has 94 valence electrons. The molecule has 3 rings (SSSR count). The lowest BCUT2D eigenvalue weighted by molar-refractivity contribution is 0.620. The minimum absolute atomic E-state index is 0.245. The maximum absolute atomic E-state index is 6.10. The quantitative estimate of drug-likeness (QED) is 0.912. The fraction of sp³-hybridized carbons (Fsp3) is 0.357. The average Bonchev–Trinajstić information content (AvgIpc) is 3.21. The van der Waals surface area contributed by atoms with Crippen molar-refractivity contribution >= 4 is 32.5 Å². The molecule has 4 heteroatoms. The number of aromatic nitrogens is 1. The SMILES string of the molecule is NC(CNc1nccc2c(Br)cccc12)C1CC1. The van der Waals surface area contributed by atoms with Crippen LogP contribution in [0, 0.1) is 5.92 Å². The molecular weight excluding hydrogens is 290 g/mol. The van der Waals surface area contributed by atoms with E-state index in [4.69, 9.17) is 5.73 Å². The molecule has 2 aromatic rings. The minimum atomic E-state index is 0.245. The van der Waals surface area contributed by atoms with Crippen LogP contribution < -0.4 is 11.1 Å². The molecule has 1 fully saturated rings. The summed E-state index contributed by atoms with van der Waals surface area (Å²) in [5, 5.41) is 5.69. The van der Waals surface area contributed by atoms with Crippen LogP contribution in [0.5, 0.6) is 0 Å². The summed E-state index contributed by atoms with van der Waals surface area (Å²) in [6, 6.07) is 8.42. The molecule has 0 aliphatic heterocycles. The molecule has 1 unspecified atom stereocenters. The van der Waals surface area contributed by atoms with E-state index in [0.29, 0.717) is 5.92 Å². The van der Waals surface area contributed by atoms with E-state index < -0.39 is 0 Å². The Labute approximate surface area is 115 Å². The Morgan fingerprint density at radius 3 is 2.94 bits per heavy atom. The van der Waals surface area contributed by atoms with Crippen molar-refractivity contribution in [3.05, 3.63) is 34.9 Å². The number of nitrogens with zero attached hydrogens (tertiary/aromatic N) is 1. The van der Waals surface area contributed by atoms with Crippen LogP contribution in [-0.2, 0) is 0 Å². The second kappa shape index (κ2) is 4.86. The van der Waals surface area contributed by atoms with Crippen LogP contribution in [-0.4, -0.2) is 17.6 Å². The monoisotopic (exact) mass is 305 g/mol. The summed E-state index contributed by atoms with van der Waals surface area (Å²) in [4.78, 5) is 4.41. The first-order valence-corrected chi connectivity index (χ1v) is 7.07. The molecule has 1 heterocycles. The fourth-order valence-electron chi connectivity index (χ4n) is 2.22. The Kier molecular flexibility index (Phi) is 3.22. The number of pyridine rings is 1. The first-order chi connectivity index (χ1) is 8.75. The lowest BCUT2D eigenvalue weighted by Crippen LogP contribution is -2.31. The van der Waals surface area contributed by atoms with Crippen molar-refractivity contribution in [3.63, 3.8) is 0 Å². The number of hydrogen-bond acceptors (Lipinski definition) is 3. The topological polar surface area (TPSA) is 50.9 Å². The van der Waals surface area contributed by atoms with Crippen molar-refractivity contribution in [1.82, 2.24) is 4.98 Å². The van der Waals surface area contributed by atoms with Gasteiger partial charge in [0.15, 0.2) is 0 Å². The Morgan fingerprint density at radius 1 is 1.33 bits per heavy atom. The lowest BCUT2D eigenvalue weighted by atomic mass is 10.1. The van der Waals surface area contributed by atoms with Crippen LogP contribution in [0.15, 0.2) is 34.9 Å². The molecule has 0 radical (unpaired) electrons. The molecule has 0 saturated heterocycles. The van der Waals surface area contributed by atoms with Gasteiger partial charge in [0.2, 0.25) is 0 Å². The van der Waals surface area contributed by atoms with Crippen LogP contribution in [0.1, 0.15) is 12.8 Å². The average molecular weight is 306 g/mol. The molecule has 1 aromatic carbocycles. The van der Waals surface area contributed by atoms with Gasteiger partial charge in [-0.3, -0.25) is 0 Å². The highest BCUT2D eigenvalue weighted by Gasteiger charge is 2.28. The highest BCUT2D eigenvalue weighted by atomic mass is 79.9. The Morgan fingerprint density at radius 2 is 2.17 bits per heavy atom. The van der Waals surface area contributed by atoms with Gasteiger partial charge in [0.1, 0.15) is 5.82 Å². The molecule has 0 bridgehead atoms. The first kappa shape index (κ1) is 11.9. The number of hydrogen-bond donors (Lipinski definition) is 2. The van der Waals surface area contributed by atoms with E-state index >= 15 is 0 Å². The normalized spacial score (nSPS) is 16.8. The van der Waals surface area contributed by atoms with Crippen LogP contribution in [0.25, 0.3) is 10.8 Å². The lowest BCUT2D eigenvalue weighted by Gasteiger charge is -2.13. The highest BCUT2D eigenvalue weighted by Crippen LogP contribution is 2.32. The molecule has 1 aliphatic carbocycles. The zero-order chi connectivity index (χ0) is 12.5. The number of halogens is 1. The second-order valence-electron chi connectivity index (χ2n) is 4.88. The van der Waals surface area contributed by atoms with Gasteiger partial charge in [-0.25, -0.2) is 4.98 Å². The van der Waals surface area contributed by atoms with E-state index in [2.05, 4.69) is 32.3 Å². The number of fused-ring (bicyclic) bond motifs is 1. The summed E-state index contributed by atoms with van der Waals surface area (Å²) in [6.07, 6.45) is 4.38. The Bertz CT molecular complexity index is 566. The van der Waals surface area contributed by atoms with Gasteiger partial charge < -0.3 is 11.1 Å². The van der Waals surface area contributed by atoms with E-state index in [1.807, 2.05) is 24.4 Å². The molecule has 3 nitrogen and oxygen atoms in total. The van der Waals surface area contributed by atoms with Crippen molar-refractivity contribution in [3.8, 4) is 0 Å². The van der Waals surface area contributed by atoms with Crippen molar-refractivity contribution in [2.75, 3.05) is 11.9 Å². The predicted octanol–water partition coefficient (Wildman–Crippen LogP) is 3.15. The number of anilines is 1. The summed E-state index contributed by atoms with van der Waals surface area (Å²) < 4.78 is 1.09. The third-order valence-electron chi connectivity index (χ3n) is 3.49. The largest absolute Gasteiger partial charge is 0.368 e. The van der Waals surface area contributed by atoms with Gasteiger partial charge in [0.25, 0.3) is 0 Å². The smallest absolute Gasteiger partial charge is 0.133 e. The minimum Gasteiger partial charge on any atom is -0.368 e. The number of rotatable bonds is 4. The first-order valence-electron chi connectivity index (χ1n) is 6.28. The van der Waals surface area contributed by atoms with Crippen LogP contribution in [0.4, 0.5) is 5.82 Å². The van der Waals surface area contributed by atoms with Gasteiger partial charge in [0, 0.05) is 34.0 Å². The molecule has 18 heavy (non-hydrogen) atoms. The van der Waals surface area contributed by atoms with Gasteiger partial charge in [-0.1, -0.05) is 28.1 Å². The van der Waals surface area contributed by atoms with Gasteiger partial charge in [0.05, 0.1) is 0 Å². The highest BCUT2D eigenvalue weighted by molar-refractivity contribution is 9.10. The molecule has 0 amide bonds. The van der Waals surface area contributed by atoms with Crippen molar-refractivity contribution in [1.29, 1.82) is 0 Å². The maximum atomic E-state index is 6.10. The number of benzene rings is 1. The van der Waals surface area contributed by atoms with Gasteiger partial charge in [-0.15, -0.1) is 0 Å². The molecule has 1 aromatic heterocycles. The van der Waals surface area contributed by atoms with E-state index in [1.54, 1.807) is 0 Å². The van der Waals surface area contributed by atoms with E-state index in [0.717, 1.165) is 22.2 Å². The maximum Gasteiger partial charge on any atom is 0.133 e. The van der Waals surface area contributed by atoms with Gasteiger partial charge >= 0.3 is 0 Å². The zero-order valence-electron chi connectivity index (χ0n) is 10.1. The number of nitrogens with two attached hydrogens (primary N) is 1. The van der Waals surface area contributed by atoms with Gasteiger partial charge in [-0.2, -0.15) is 0 Å². The summed E-state index contributed by atoms with van der Waals surface area (Å²) in [5.41, 5.74) is 6.10. The molecule has 0 spiro atoms. The van der Waals surface area contributed by atoms with Crippen LogP contribution in [0.2, 0.25) is 0 Å². The van der Waals surface area contributed by atoms with Crippen LogP contribution >= 0.6 is 15.9 Å². The van der Waals surface area contributed by atoms with E-state index in [-0.39, 0.29) is 6.04 Å². The molecule has 3 N–H and O–H groups in total. The molecular formula is C14H16BrN3. The van der Waals surface area contributed by atoms with Crippen molar-refractivity contribution in [2.45, 2.75) is 18.9 Å². The fourth-order valence-corrected chi connectivity index (χ4v) is 2.71. The summed E-state index contributed by atoms with van der Waals surface area (Å²) in [5.74, 6) is 1.63. The molecule has 1 saturated carbocycles. The van der Waals surface area contributed by atoms with Crippen molar-refractivity contribution in [2.24, 2.45) is 11.7 Å². The third-order valence-corrected chi connectivity index (χ3v) is 4.18. The molecule has 1 aliphatic rings. The molecule has 1 atom stereocenters. The standard InChI is InChI=1S/C14H16BrN3/c15-12-3-1-2-11-10(12)6-7-17-14(11)18-8-13(16)9-4-5-9/h1-3,6-7,9,13H,4-5,8,16H2,(H,17,18). The van der Waals surface area contributed by atoms with Gasteiger partial charge in [-0.05, 0) is 30.9 Å². The summed E-state index contributed by atoms with van der Waals surface area (Å²) in [7, 11) is 0. The Balaban J connectivity index is 1.84. The van der Waals surface area contributed by atoms with Crippen molar-refractivity contribution < 1.29 is 0 Å². The third kappa shape index (κ3) is 2.35. The summed E-state index contributed by atoms with van der Waals surface area (Å²) in [6.45, 7) is 0.795. The Hall–Kier alpha value is -1.13. The van der Waals surface area contributed by atoms with E-state index in [9.17, 15) is 0 Å². The second-order valence-corrected chi connectivity index (χ2v) is 5.73. The predicted molar refractivity (Wildman–Crippen MR) is 78.6 cm³/mol. The van der Waals surface area contributed by atoms with E-state index in [1.165, 1.54) is 18.2 Å². The zero-order valence-corrected chi connectivity index (χ0v) is 11.7. The van der Waals surface area contributed by atoms with Crippen LogP contribution in [0.3, 0.4) is 0 Å². The number of nitrogens with one attached hydrogen (secondary N) is 1.